The molecule has 216 valence electrons. The molecule has 2 amide bonds. The van der Waals surface area contributed by atoms with Crippen molar-refractivity contribution < 1.29 is 60.5 Å². The first kappa shape index (κ1) is 34.1. The van der Waals surface area contributed by atoms with Crippen LogP contribution in [0.5, 0.6) is 0 Å². The summed E-state index contributed by atoms with van der Waals surface area (Å²) in [4.78, 5) is 53.9. The van der Waals surface area contributed by atoms with Crippen molar-refractivity contribution in [3.05, 3.63) is 18.1 Å². The molecule has 1 aliphatic heterocycles. The van der Waals surface area contributed by atoms with Crippen LogP contribution in [0, 0.1) is 5.92 Å². The number of aromatic nitrogens is 2. The van der Waals surface area contributed by atoms with Gasteiger partial charge in [0.1, 0.15) is 5.82 Å². The minimum Gasteiger partial charge on any atom is -0.475 e. The zero-order chi connectivity index (χ0) is 29.8. The van der Waals surface area contributed by atoms with Crippen molar-refractivity contribution in [3.8, 4) is 0 Å². The van der Waals surface area contributed by atoms with E-state index in [2.05, 4.69) is 38.8 Å². The Labute approximate surface area is 212 Å². The summed E-state index contributed by atoms with van der Waals surface area (Å²) in [7, 11) is 1.31. The van der Waals surface area contributed by atoms with Gasteiger partial charge in [-0.05, 0) is 12.8 Å². The fourth-order valence-corrected chi connectivity index (χ4v) is 2.79. The second-order valence-electron chi connectivity index (χ2n) is 7.64. The molecule has 2 heterocycles. The van der Waals surface area contributed by atoms with Gasteiger partial charge in [0.15, 0.2) is 5.69 Å². The fraction of sp³-hybridized carbons (Fsp3) is 0.600. The number of alkyl halides is 6. The third-order valence-corrected chi connectivity index (χ3v) is 4.62. The highest BCUT2D eigenvalue weighted by Crippen LogP contribution is 2.21. The van der Waals surface area contributed by atoms with E-state index in [1.165, 1.54) is 13.3 Å². The number of halogens is 6. The van der Waals surface area contributed by atoms with Crippen molar-refractivity contribution in [2.45, 2.75) is 39.2 Å². The number of urea groups is 1. The molecule has 38 heavy (non-hydrogen) atoms. The van der Waals surface area contributed by atoms with Gasteiger partial charge in [-0.25, -0.2) is 29.1 Å². The SMILES string of the molecule is CCNC(=O)N1CCN(c2cnc(C(=O)OC)cn2)CC1C(C)C.O=C(O)C(F)(F)F.O=C(O)C(F)(F)F. The predicted molar refractivity (Wildman–Crippen MR) is 117 cm³/mol. The lowest BCUT2D eigenvalue weighted by Gasteiger charge is -2.43. The zero-order valence-electron chi connectivity index (χ0n) is 20.6. The third kappa shape index (κ3) is 11.5. The number of esters is 1. The Hall–Kier alpha value is -3.86. The Morgan fingerprint density at radius 1 is 1.03 bits per heavy atom. The number of carboxylic acid groups (broad SMARTS) is 2. The molecule has 0 bridgehead atoms. The van der Waals surface area contributed by atoms with Crippen molar-refractivity contribution in [2.24, 2.45) is 5.92 Å². The lowest BCUT2D eigenvalue weighted by Crippen LogP contribution is -2.59. The topological polar surface area (TPSA) is 162 Å². The van der Waals surface area contributed by atoms with Gasteiger partial charge in [-0.1, -0.05) is 13.8 Å². The molecule has 1 atom stereocenters. The first-order chi connectivity index (χ1) is 17.4. The highest BCUT2D eigenvalue weighted by molar-refractivity contribution is 5.86. The van der Waals surface area contributed by atoms with E-state index in [0.29, 0.717) is 37.9 Å². The monoisotopic (exact) mass is 563 g/mol. The normalized spacial score (nSPS) is 15.4. The molecule has 0 aromatic carbocycles. The van der Waals surface area contributed by atoms with Crippen molar-refractivity contribution >= 4 is 29.8 Å². The Morgan fingerprint density at radius 3 is 1.87 bits per heavy atom. The second kappa shape index (κ2) is 14.8. The van der Waals surface area contributed by atoms with E-state index in [-0.39, 0.29) is 17.8 Å². The minimum atomic E-state index is -5.08. The third-order valence-electron chi connectivity index (χ3n) is 4.62. The number of carbonyl (C=O) groups is 4. The van der Waals surface area contributed by atoms with Crippen LogP contribution in [0.3, 0.4) is 0 Å². The van der Waals surface area contributed by atoms with Crippen LogP contribution < -0.4 is 10.2 Å². The molecular weight excluding hydrogens is 536 g/mol. The molecular formula is C20H27F6N5O7. The van der Waals surface area contributed by atoms with Gasteiger partial charge in [0, 0.05) is 26.2 Å². The van der Waals surface area contributed by atoms with Crippen molar-refractivity contribution in [2.75, 3.05) is 38.2 Å². The molecule has 0 spiro atoms. The Bertz CT molecular complexity index is 918. The summed E-state index contributed by atoms with van der Waals surface area (Å²) in [5, 5.41) is 17.1. The first-order valence-corrected chi connectivity index (χ1v) is 10.7. The van der Waals surface area contributed by atoms with E-state index in [9.17, 15) is 35.9 Å². The summed E-state index contributed by atoms with van der Waals surface area (Å²) in [5.41, 5.74) is 0.183. The summed E-state index contributed by atoms with van der Waals surface area (Å²) in [6, 6.07) is 0.0651. The van der Waals surface area contributed by atoms with E-state index in [0.717, 1.165) is 0 Å². The smallest absolute Gasteiger partial charge is 0.475 e. The number of methoxy groups -OCH3 is 1. The molecule has 1 fully saturated rings. The standard InChI is InChI=1S/C16H25N5O3.2C2HF3O2/c1-5-17-16(23)21-7-6-20(10-13(21)11(2)3)14-9-18-12(8-19-14)15(22)24-4;2*3-2(4,5)1(6)7/h8-9,11,13H,5-7,10H2,1-4H3,(H,17,23);2*(H,6,7). The Balaban J connectivity index is 0.000000804. The minimum absolute atomic E-state index is 0.0250. The number of nitrogens with zero attached hydrogens (tertiary/aromatic N) is 4. The highest BCUT2D eigenvalue weighted by atomic mass is 19.4. The summed E-state index contributed by atoms with van der Waals surface area (Å²) < 4.78 is 68.1. The van der Waals surface area contributed by atoms with Crippen molar-refractivity contribution in [1.29, 1.82) is 0 Å². The average Bonchev–Trinajstić information content (AvgIpc) is 2.83. The van der Waals surface area contributed by atoms with Crippen LogP contribution in [0.4, 0.5) is 37.0 Å². The molecule has 18 heteroatoms. The van der Waals surface area contributed by atoms with Crippen LogP contribution in [0.15, 0.2) is 12.4 Å². The van der Waals surface area contributed by atoms with Crippen molar-refractivity contribution in [3.63, 3.8) is 0 Å². The Morgan fingerprint density at radius 2 is 1.53 bits per heavy atom. The number of nitrogens with one attached hydrogen (secondary N) is 1. The molecule has 0 radical (unpaired) electrons. The summed E-state index contributed by atoms with van der Waals surface area (Å²) >= 11 is 0. The number of piperazine rings is 1. The predicted octanol–water partition coefficient (Wildman–Crippen LogP) is 2.41. The number of aliphatic carboxylic acids is 2. The quantitative estimate of drug-likeness (QED) is 0.366. The van der Waals surface area contributed by atoms with Crippen LogP contribution in [0.1, 0.15) is 31.3 Å². The maximum Gasteiger partial charge on any atom is 0.490 e. The molecule has 12 nitrogen and oxygen atoms in total. The van der Waals surface area contributed by atoms with Gasteiger partial charge in [0.25, 0.3) is 0 Å². The summed E-state index contributed by atoms with van der Waals surface area (Å²) in [6.45, 7) is 8.71. The van der Waals surface area contributed by atoms with Gasteiger partial charge >= 0.3 is 36.3 Å². The number of hydrogen-bond acceptors (Lipinski definition) is 8. The number of ether oxygens (including phenoxy) is 1. The van der Waals surface area contributed by atoms with Gasteiger partial charge in [-0.3, -0.25) is 0 Å². The van der Waals surface area contributed by atoms with Gasteiger partial charge in [-0.2, -0.15) is 26.3 Å². The fourth-order valence-electron chi connectivity index (χ4n) is 2.79. The Kier molecular flexibility index (Phi) is 13.3. The second-order valence-corrected chi connectivity index (χ2v) is 7.64. The number of anilines is 1. The van der Waals surface area contributed by atoms with Crippen LogP contribution in [0.2, 0.25) is 0 Å². The number of carbonyl (C=O) groups excluding carboxylic acids is 2. The molecule has 3 N–H and O–H groups in total. The highest BCUT2D eigenvalue weighted by Gasteiger charge is 2.39. The van der Waals surface area contributed by atoms with Gasteiger partial charge in [0.05, 0.1) is 25.5 Å². The van der Waals surface area contributed by atoms with E-state index in [4.69, 9.17) is 19.8 Å². The van der Waals surface area contributed by atoms with E-state index in [1.54, 1.807) is 6.20 Å². The van der Waals surface area contributed by atoms with Gasteiger partial charge < -0.3 is 30.1 Å². The van der Waals surface area contributed by atoms with Gasteiger partial charge in [-0.15, -0.1) is 0 Å². The lowest BCUT2D eigenvalue weighted by atomic mass is 10.00. The van der Waals surface area contributed by atoms with Crippen LogP contribution in [-0.2, 0) is 14.3 Å². The van der Waals surface area contributed by atoms with Crippen LogP contribution in [0.25, 0.3) is 0 Å². The van der Waals surface area contributed by atoms with E-state index in [1.807, 2.05) is 11.8 Å². The number of rotatable bonds is 4. The summed E-state index contributed by atoms with van der Waals surface area (Å²) in [6.07, 6.45) is -7.17. The van der Waals surface area contributed by atoms with Crippen LogP contribution in [-0.4, -0.2) is 101 Å². The molecule has 1 unspecified atom stereocenters. The molecule has 1 saturated heterocycles. The number of hydrogen-bond donors (Lipinski definition) is 3. The molecule has 1 aliphatic rings. The molecule has 1 aromatic rings. The first-order valence-electron chi connectivity index (χ1n) is 10.7. The largest absolute Gasteiger partial charge is 0.490 e. The molecule has 1 aromatic heterocycles. The lowest BCUT2D eigenvalue weighted by molar-refractivity contribution is -0.193. The number of carboxylic acids is 2. The number of amides is 2. The molecule has 0 aliphatic carbocycles. The van der Waals surface area contributed by atoms with Crippen LogP contribution >= 0.6 is 0 Å². The van der Waals surface area contributed by atoms with E-state index < -0.39 is 30.3 Å². The molecule has 2 rings (SSSR count). The van der Waals surface area contributed by atoms with Gasteiger partial charge in [0.2, 0.25) is 0 Å². The van der Waals surface area contributed by atoms with E-state index >= 15 is 0 Å². The average molecular weight is 563 g/mol. The summed E-state index contributed by atoms with van der Waals surface area (Å²) in [5.74, 6) is -5.00. The van der Waals surface area contributed by atoms with Crippen molar-refractivity contribution in [1.82, 2.24) is 20.2 Å². The maximum atomic E-state index is 12.2. The maximum absolute atomic E-state index is 12.2. The zero-order valence-corrected chi connectivity index (χ0v) is 20.6. The molecule has 0 saturated carbocycles.